The van der Waals surface area contributed by atoms with E-state index >= 15 is 0 Å². The molecular weight excluding hydrogens is 306 g/mol. The van der Waals surface area contributed by atoms with Gasteiger partial charge >= 0.3 is 5.97 Å². The monoisotopic (exact) mass is 319 g/mol. The second-order valence-electron chi connectivity index (χ2n) is 5.42. The first-order chi connectivity index (χ1) is 11.6. The van der Waals surface area contributed by atoms with Crippen LogP contribution in [0.2, 0.25) is 0 Å². The number of fused-ring (bicyclic) bond motifs is 2. The number of ether oxygens (including phenoxy) is 1. The number of carboxylic acids is 1. The zero-order chi connectivity index (χ0) is 16.7. The molecule has 4 rings (SSSR count). The fraction of sp³-hybridized carbons (Fsp3) is 0.0526. The summed E-state index contributed by atoms with van der Waals surface area (Å²) in [4.78, 5) is 15.7. The maximum atomic E-state index is 11.4. The fourth-order valence-electron chi connectivity index (χ4n) is 2.82. The van der Waals surface area contributed by atoms with Crippen molar-refractivity contribution in [1.29, 1.82) is 0 Å². The van der Waals surface area contributed by atoms with Gasteiger partial charge < -0.3 is 14.3 Å². The molecule has 0 fully saturated rings. The Morgan fingerprint density at radius 2 is 2.00 bits per heavy atom. The molecule has 1 N–H and O–H groups in total. The van der Waals surface area contributed by atoms with Gasteiger partial charge in [0.1, 0.15) is 28.4 Å². The highest BCUT2D eigenvalue weighted by molar-refractivity contribution is 6.04. The van der Waals surface area contributed by atoms with Crippen molar-refractivity contribution in [3.8, 4) is 11.5 Å². The van der Waals surface area contributed by atoms with Crippen LogP contribution >= 0.6 is 0 Å². The van der Waals surface area contributed by atoms with Gasteiger partial charge in [0.15, 0.2) is 0 Å². The van der Waals surface area contributed by atoms with Crippen molar-refractivity contribution < 1.29 is 19.1 Å². The number of hydrogen-bond donors (Lipinski definition) is 1. The molecule has 0 amide bonds. The standard InChI is InChI=1S/C19H13NO4/c1-11-18(19(21)22)14-10-12(7-8-17(14)23-11)24-16-6-2-5-15-13(16)4-3-9-20-15/h2-10H,1H3,(H,21,22). The van der Waals surface area contributed by atoms with Gasteiger partial charge in [0, 0.05) is 17.0 Å². The number of carboxylic acid groups (broad SMARTS) is 1. The molecule has 0 saturated heterocycles. The molecule has 0 radical (unpaired) electrons. The Labute approximate surface area is 137 Å². The molecule has 0 bridgehead atoms. The third-order valence-corrected chi connectivity index (χ3v) is 3.88. The van der Waals surface area contributed by atoms with E-state index in [2.05, 4.69) is 4.98 Å². The second kappa shape index (κ2) is 5.38. The van der Waals surface area contributed by atoms with Crippen molar-refractivity contribution in [1.82, 2.24) is 4.98 Å². The predicted molar refractivity (Wildman–Crippen MR) is 89.7 cm³/mol. The summed E-state index contributed by atoms with van der Waals surface area (Å²) in [5, 5.41) is 10.8. The Hall–Kier alpha value is -3.34. The number of aromatic nitrogens is 1. The van der Waals surface area contributed by atoms with Crippen LogP contribution in [-0.4, -0.2) is 16.1 Å². The van der Waals surface area contributed by atoms with E-state index in [9.17, 15) is 9.90 Å². The van der Waals surface area contributed by atoms with Crippen molar-refractivity contribution >= 4 is 27.8 Å². The lowest BCUT2D eigenvalue weighted by molar-refractivity contribution is 0.0697. The molecule has 0 saturated carbocycles. The lowest BCUT2D eigenvalue weighted by Crippen LogP contribution is -1.96. The number of carbonyl (C=O) groups is 1. The van der Waals surface area contributed by atoms with Gasteiger partial charge in [0.25, 0.3) is 0 Å². The van der Waals surface area contributed by atoms with E-state index in [1.165, 1.54) is 0 Å². The molecule has 2 aromatic heterocycles. The molecule has 5 heteroatoms. The molecule has 4 aromatic rings. The molecule has 0 aliphatic heterocycles. The molecule has 0 aliphatic rings. The van der Waals surface area contributed by atoms with E-state index in [-0.39, 0.29) is 5.56 Å². The molecular formula is C19H13NO4. The van der Waals surface area contributed by atoms with E-state index in [4.69, 9.17) is 9.15 Å². The van der Waals surface area contributed by atoms with Crippen LogP contribution in [-0.2, 0) is 0 Å². The summed E-state index contributed by atoms with van der Waals surface area (Å²) in [6.45, 7) is 1.64. The van der Waals surface area contributed by atoms with Gasteiger partial charge in [0.05, 0.1) is 5.52 Å². The van der Waals surface area contributed by atoms with Crippen LogP contribution in [0.1, 0.15) is 16.1 Å². The molecule has 5 nitrogen and oxygen atoms in total. The predicted octanol–water partition coefficient (Wildman–Crippen LogP) is 4.78. The average molecular weight is 319 g/mol. The molecule has 0 atom stereocenters. The fourth-order valence-corrected chi connectivity index (χ4v) is 2.82. The number of nitrogens with zero attached hydrogens (tertiary/aromatic N) is 1. The Balaban J connectivity index is 1.82. The number of hydrogen-bond acceptors (Lipinski definition) is 4. The number of benzene rings is 2. The summed E-state index contributed by atoms with van der Waals surface area (Å²) in [6, 6.07) is 14.6. The normalized spacial score (nSPS) is 11.0. The molecule has 24 heavy (non-hydrogen) atoms. The topological polar surface area (TPSA) is 72.6 Å². The first-order valence-corrected chi connectivity index (χ1v) is 7.41. The molecule has 118 valence electrons. The summed E-state index contributed by atoms with van der Waals surface area (Å²) >= 11 is 0. The first kappa shape index (κ1) is 14.3. The maximum Gasteiger partial charge on any atom is 0.339 e. The second-order valence-corrected chi connectivity index (χ2v) is 5.42. The van der Waals surface area contributed by atoms with E-state index in [0.717, 1.165) is 10.9 Å². The van der Waals surface area contributed by atoms with Crippen molar-refractivity contribution in [2.45, 2.75) is 6.92 Å². The van der Waals surface area contributed by atoms with Gasteiger partial charge in [0.2, 0.25) is 0 Å². The van der Waals surface area contributed by atoms with Gasteiger partial charge in [-0.15, -0.1) is 0 Å². The summed E-state index contributed by atoms with van der Waals surface area (Å²) < 4.78 is 11.5. The van der Waals surface area contributed by atoms with Crippen LogP contribution in [0, 0.1) is 6.92 Å². The average Bonchev–Trinajstić information content (AvgIpc) is 2.90. The minimum Gasteiger partial charge on any atom is -0.478 e. The quantitative estimate of drug-likeness (QED) is 0.588. The van der Waals surface area contributed by atoms with Crippen molar-refractivity contribution in [3.05, 3.63) is 66.1 Å². The lowest BCUT2D eigenvalue weighted by Gasteiger charge is -2.08. The summed E-state index contributed by atoms with van der Waals surface area (Å²) in [7, 11) is 0. The zero-order valence-corrected chi connectivity index (χ0v) is 12.8. The third kappa shape index (κ3) is 2.27. The van der Waals surface area contributed by atoms with Crippen LogP contribution in [0.3, 0.4) is 0 Å². The highest BCUT2D eigenvalue weighted by Gasteiger charge is 2.18. The highest BCUT2D eigenvalue weighted by Crippen LogP contribution is 2.33. The molecule has 0 aliphatic carbocycles. The molecule has 0 unspecified atom stereocenters. The van der Waals surface area contributed by atoms with E-state index in [1.54, 1.807) is 31.3 Å². The van der Waals surface area contributed by atoms with Crippen LogP contribution in [0.5, 0.6) is 11.5 Å². The largest absolute Gasteiger partial charge is 0.478 e. The zero-order valence-electron chi connectivity index (χ0n) is 12.8. The lowest BCUT2D eigenvalue weighted by atomic mass is 10.1. The minimum atomic E-state index is -1.02. The van der Waals surface area contributed by atoms with Gasteiger partial charge in [-0.05, 0) is 49.4 Å². The van der Waals surface area contributed by atoms with Gasteiger partial charge in [-0.2, -0.15) is 0 Å². The summed E-state index contributed by atoms with van der Waals surface area (Å²) in [6.07, 6.45) is 1.73. The van der Waals surface area contributed by atoms with Gasteiger partial charge in [-0.3, -0.25) is 4.98 Å². The van der Waals surface area contributed by atoms with E-state index < -0.39 is 5.97 Å². The van der Waals surface area contributed by atoms with E-state index in [1.807, 2.05) is 30.3 Å². The third-order valence-electron chi connectivity index (χ3n) is 3.88. The summed E-state index contributed by atoms with van der Waals surface area (Å²) in [5.74, 6) is 0.570. The van der Waals surface area contributed by atoms with E-state index in [0.29, 0.717) is 28.2 Å². The van der Waals surface area contributed by atoms with Gasteiger partial charge in [-0.1, -0.05) is 6.07 Å². The molecule has 2 heterocycles. The van der Waals surface area contributed by atoms with Gasteiger partial charge in [-0.25, -0.2) is 4.79 Å². The smallest absolute Gasteiger partial charge is 0.339 e. The summed E-state index contributed by atoms with van der Waals surface area (Å²) in [5.41, 5.74) is 1.52. The number of rotatable bonds is 3. The Bertz CT molecular complexity index is 1080. The molecule has 2 aromatic carbocycles. The number of pyridine rings is 1. The number of aromatic carboxylic acids is 1. The Morgan fingerprint density at radius 1 is 1.12 bits per heavy atom. The highest BCUT2D eigenvalue weighted by atomic mass is 16.5. The molecule has 0 spiro atoms. The van der Waals surface area contributed by atoms with Crippen LogP contribution in [0.4, 0.5) is 0 Å². The maximum absolute atomic E-state index is 11.4. The number of furan rings is 1. The van der Waals surface area contributed by atoms with Crippen LogP contribution in [0.25, 0.3) is 21.9 Å². The van der Waals surface area contributed by atoms with Crippen molar-refractivity contribution in [3.63, 3.8) is 0 Å². The van der Waals surface area contributed by atoms with Crippen molar-refractivity contribution in [2.75, 3.05) is 0 Å². The van der Waals surface area contributed by atoms with Crippen LogP contribution in [0.15, 0.2) is 59.1 Å². The first-order valence-electron chi connectivity index (χ1n) is 7.41. The Kier molecular flexibility index (Phi) is 3.20. The minimum absolute atomic E-state index is 0.162. The van der Waals surface area contributed by atoms with Crippen LogP contribution < -0.4 is 4.74 Å². The Morgan fingerprint density at radius 3 is 2.83 bits per heavy atom. The van der Waals surface area contributed by atoms with Crippen molar-refractivity contribution in [2.24, 2.45) is 0 Å². The number of aryl methyl sites for hydroxylation is 1. The SMILES string of the molecule is Cc1oc2ccc(Oc3cccc4ncccc34)cc2c1C(=O)O.